The Bertz CT molecular complexity index is 662. The average Bonchev–Trinajstić information content (AvgIpc) is 2.96. The zero-order valence-corrected chi connectivity index (χ0v) is 12.7. The van der Waals surface area contributed by atoms with Gasteiger partial charge in [0.05, 0.1) is 17.7 Å². The summed E-state index contributed by atoms with van der Waals surface area (Å²) in [6.45, 7) is 1.33. The van der Waals surface area contributed by atoms with Gasteiger partial charge < -0.3 is 9.80 Å². The van der Waals surface area contributed by atoms with Crippen molar-refractivity contribution in [1.29, 1.82) is 5.26 Å². The number of likely N-dealkylation sites (tertiary alicyclic amines) is 1. The summed E-state index contributed by atoms with van der Waals surface area (Å²) < 4.78 is 13.9. The highest BCUT2D eigenvalue weighted by Gasteiger charge is 2.38. The van der Waals surface area contributed by atoms with Crippen molar-refractivity contribution in [2.75, 3.05) is 24.5 Å². The molecule has 1 aromatic carbocycles. The maximum Gasteiger partial charge on any atom is 0.228 e. The van der Waals surface area contributed by atoms with E-state index in [1.165, 1.54) is 11.0 Å². The maximum absolute atomic E-state index is 13.9. The number of nitrogens with zero attached hydrogens (tertiary/aromatic N) is 3. The van der Waals surface area contributed by atoms with Gasteiger partial charge in [-0.25, -0.2) is 4.39 Å². The van der Waals surface area contributed by atoms with E-state index in [9.17, 15) is 14.0 Å². The van der Waals surface area contributed by atoms with Gasteiger partial charge in [0.15, 0.2) is 0 Å². The van der Waals surface area contributed by atoms with Gasteiger partial charge in [-0.1, -0.05) is 12.1 Å². The second kappa shape index (κ2) is 6.37. The molecule has 0 saturated carbocycles. The van der Waals surface area contributed by atoms with Gasteiger partial charge in [0.1, 0.15) is 5.82 Å². The van der Waals surface area contributed by atoms with E-state index in [1.807, 2.05) is 0 Å². The fourth-order valence-corrected chi connectivity index (χ4v) is 3.26. The lowest BCUT2D eigenvalue weighted by atomic mass is 9.97. The van der Waals surface area contributed by atoms with Crippen LogP contribution < -0.4 is 4.90 Å². The van der Waals surface area contributed by atoms with Crippen LogP contribution in [-0.4, -0.2) is 36.3 Å². The highest BCUT2D eigenvalue weighted by Crippen LogP contribution is 2.29. The Morgan fingerprint density at radius 3 is 2.61 bits per heavy atom. The van der Waals surface area contributed by atoms with Crippen LogP contribution in [0.25, 0.3) is 0 Å². The number of para-hydroxylation sites is 1. The molecule has 0 bridgehead atoms. The molecule has 0 spiro atoms. The smallest absolute Gasteiger partial charge is 0.228 e. The van der Waals surface area contributed by atoms with Crippen molar-refractivity contribution >= 4 is 17.5 Å². The summed E-state index contributed by atoms with van der Waals surface area (Å²) in [4.78, 5) is 27.8. The van der Waals surface area contributed by atoms with Gasteiger partial charge in [0.2, 0.25) is 11.8 Å². The highest BCUT2D eigenvalue weighted by atomic mass is 19.1. The quantitative estimate of drug-likeness (QED) is 0.838. The fourth-order valence-electron chi connectivity index (χ4n) is 3.26. The molecule has 5 nitrogen and oxygen atoms in total. The topological polar surface area (TPSA) is 64.4 Å². The number of carbonyl (C=O) groups excluding carboxylic acids is 2. The van der Waals surface area contributed by atoms with Crippen molar-refractivity contribution in [1.82, 2.24) is 4.90 Å². The SMILES string of the molecule is N#CC1CCN(C(=O)C2CC(=O)N(c3ccccc3F)C2)CC1. The van der Waals surface area contributed by atoms with Crippen molar-refractivity contribution in [2.45, 2.75) is 19.3 Å². The zero-order valence-electron chi connectivity index (χ0n) is 12.7. The second-order valence-electron chi connectivity index (χ2n) is 6.09. The molecule has 2 amide bonds. The molecule has 1 unspecified atom stereocenters. The van der Waals surface area contributed by atoms with E-state index in [4.69, 9.17) is 5.26 Å². The van der Waals surface area contributed by atoms with Crippen LogP contribution in [-0.2, 0) is 9.59 Å². The van der Waals surface area contributed by atoms with Crippen LogP contribution in [0.5, 0.6) is 0 Å². The summed E-state index contributed by atoms with van der Waals surface area (Å²) in [5, 5.41) is 8.91. The molecule has 6 heteroatoms. The molecule has 120 valence electrons. The summed E-state index contributed by atoms with van der Waals surface area (Å²) >= 11 is 0. The largest absolute Gasteiger partial charge is 0.342 e. The summed E-state index contributed by atoms with van der Waals surface area (Å²) in [5.74, 6) is -1.15. The lowest BCUT2D eigenvalue weighted by molar-refractivity contribution is -0.136. The molecule has 0 aliphatic carbocycles. The first-order valence-electron chi connectivity index (χ1n) is 7.83. The molecule has 2 saturated heterocycles. The van der Waals surface area contributed by atoms with Crippen LogP contribution in [0, 0.1) is 29.0 Å². The number of rotatable bonds is 2. The van der Waals surface area contributed by atoms with Crippen LogP contribution in [0.2, 0.25) is 0 Å². The first-order chi connectivity index (χ1) is 11.1. The van der Waals surface area contributed by atoms with Crippen LogP contribution >= 0.6 is 0 Å². The third-order valence-electron chi connectivity index (χ3n) is 4.61. The fraction of sp³-hybridized carbons (Fsp3) is 0.471. The summed E-state index contributed by atoms with van der Waals surface area (Å²) in [6.07, 6.45) is 1.48. The van der Waals surface area contributed by atoms with Crippen molar-refractivity contribution < 1.29 is 14.0 Å². The Morgan fingerprint density at radius 2 is 1.96 bits per heavy atom. The number of benzene rings is 1. The number of hydrogen-bond acceptors (Lipinski definition) is 3. The minimum absolute atomic E-state index is 0.0131. The predicted octanol–water partition coefficient (Wildman–Crippen LogP) is 1.94. The minimum Gasteiger partial charge on any atom is -0.342 e. The summed E-state index contributed by atoms with van der Waals surface area (Å²) in [7, 11) is 0. The van der Waals surface area contributed by atoms with E-state index in [2.05, 4.69) is 6.07 Å². The maximum atomic E-state index is 13.9. The lowest BCUT2D eigenvalue weighted by Crippen LogP contribution is -2.42. The van der Waals surface area contributed by atoms with Crippen molar-refractivity contribution in [3.63, 3.8) is 0 Å². The van der Waals surface area contributed by atoms with Gasteiger partial charge in [0.25, 0.3) is 0 Å². The minimum atomic E-state index is -0.455. The third kappa shape index (κ3) is 3.04. The first kappa shape index (κ1) is 15.5. The van der Waals surface area contributed by atoms with Crippen LogP contribution in [0.15, 0.2) is 24.3 Å². The molecule has 2 aliphatic heterocycles. The number of amides is 2. The van der Waals surface area contributed by atoms with Crippen LogP contribution in [0.3, 0.4) is 0 Å². The summed E-state index contributed by atoms with van der Waals surface area (Å²) in [5.41, 5.74) is 0.232. The molecule has 2 fully saturated rings. The number of piperidine rings is 1. The van der Waals surface area contributed by atoms with Crippen LogP contribution in [0.1, 0.15) is 19.3 Å². The van der Waals surface area contributed by atoms with Gasteiger partial charge in [-0.3, -0.25) is 9.59 Å². The Morgan fingerprint density at radius 1 is 1.26 bits per heavy atom. The molecular weight excluding hydrogens is 297 g/mol. The standard InChI is InChI=1S/C17H18FN3O2/c18-14-3-1-2-4-15(14)21-11-13(9-16(21)22)17(23)20-7-5-12(10-19)6-8-20/h1-4,12-13H,5-9,11H2. The van der Waals surface area contributed by atoms with E-state index in [0.717, 1.165) is 0 Å². The Balaban J connectivity index is 1.67. The molecule has 2 aliphatic rings. The monoisotopic (exact) mass is 315 g/mol. The normalized spacial score (nSPS) is 22.3. The predicted molar refractivity (Wildman–Crippen MR) is 81.8 cm³/mol. The van der Waals surface area contributed by atoms with E-state index in [1.54, 1.807) is 23.1 Å². The van der Waals surface area contributed by atoms with Crippen molar-refractivity contribution in [3.8, 4) is 6.07 Å². The second-order valence-corrected chi connectivity index (χ2v) is 6.09. The molecule has 1 aromatic rings. The molecule has 0 N–H and O–H groups in total. The summed E-state index contributed by atoms with van der Waals surface area (Å²) in [6, 6.07) is 8.34. The van der Waals surface area contributed by atoms with E-state index >= 15 is 0 Å². The molecule has 23 heavy (non-hydrogen) atoms. The van der Waals surface area contributed by atoms with E-state index in [-0.39, 0.29) is 36.4 Å². The molecule has 0 aromatic heterocycles. The average molecular weight is 315 g/mol. The lowest BCUT2D eigenvalue weighted by Gasteiger charge is -2.31. The van der Waals surface area contributed by atoms with E-state index < -0.39 is 11.7 Å². The molecule has 2 heterocycles. The number of carbonyl (C=O) groups is 2. The Hall–Kier alpha value is -2.42. The number of halogens is 1. The Kier molecular flexibility index (Phi) is 4.28. The van der Waals surface area contributed by atoms with Gasteiger partial charge in [-0.05, 0) is 25.0 Å². The number of nitriles is 1. The van der Waals surface area contributed by atoms with Crippen LogP contribution in [0.4, 0.5) is 10.1 Å². The molecule has 0 radical (unpaired) electrons. The van der Waals surface area contributed by atoms with Gasteiger partial charge in [0, 0.05) is 32.0 Å². The molecule has 3 rings (SSSR count). The van der Waals surface area contributed by atoms with Gasteiger partial charge >= 0.3 is 0 Å². The van der Waals surface area contributed by atoms with E-state index in [0.29, 0.717) is 25.9 Å². The van der Waals surface area contributed by atoms with Gasteiger partial charge in [-0.2, -0.15) is 5.26 Å². The molecular formula is C17H18FN3O2. The number of anilines is 1. The van der Waals surface area contributed by atoms with Crippen molar-refractivity contribution in [3.05, 3.63) is 30.1 Å². The number of hydrogen-bond donors (Lipinski definition) is 0. The van der Waals surface area contributed by atoms with Gasteiger partial charge in [-0.15, -0.1) is 0 Å². The van der Waals surface area contributed by atoms with Crippen molar-refractivity contribution in [2.24, 2.45) is 11.8 Å². The third-order valence-corrected chi connectivity index (χ3v) is 4.61. The first-order valence-corrected chi connectivity index (χ1v) is 7.83. The Labute approximate surface area is 134 Å². The zero-order chi connectivity index (χ0) is 16.4. The molecule has 1 atom stereocenters. The highest BCUT2D eigenvalue weighted by molar-refractivity contribution is 6.00.